The van der Waals surface area contributed by atoms with Crippen molar-refractivity contribution < 1.29 is 0 Å². The monoisotopic (exact) mass is 308 g/mol. The van der Waals surface area contributed by atoms with Crippen LogP contribution >= 0.6 is 12.4 Å². The van der Waals surface area contributed by atoms with Crippen LogP contribution in [-0.4, -0.2) is 27.4 Å². The molecule has 1 fully saturated rings. The Labute approximate surface area is 130 Å². The highest BCUT2D eigenvalue weighted by atomic mass is 35.5. The molecule has 114 valence electrons. The van der Waals surface area contributed by atoms with Crippen LogP contribution in [-0.2, 0) is 13.6 Å². The lowest BCUT2D eigenvalue weighted by atomic mass is 9.97. The molecular formula is C15H21ClN4O. The van der Waals surface area contributed by atoms with Crippen LogP contribution in [0.5, 0.6) is 0 Å². The Morgan fingerprint density at radius 1 is 1.24 bits per heavy atom. The molecular weight excluding hydrogens is 288 g/mol. The van der Waals surface area contributed by atoms with Gasteiger partial charge < -0.3 is 5.32 Å². The smallest absolute Gasteiger partial charge is 0.317 e. The normalized spacial score (nSPS) is 15.7. The molecule has 6 heteroatoms. The zero-order valence-corrected chi connectivity index (χ0v) is 13.0. The molecule has 3 rings (SSSR count). The van der Waals surface area contributed by atoms with Crippen molar-refractivity contribution >= 4 is 12.4 Å². The van der Waals surface area contributed by atoms with E-state index in [0.717, 1.165) is 37.3 Å². The Kier molecular flexibility index (Phi) is 5.20. The van der Waals surface area contributed by atoms with E-state index >= 15 is 0 Å². The minimum absolute atomic E-state index is 0. The third-order valence-corrected chi connectivity index (χ3v) is 3.92. The SMILES string of the molecule is Cl.Cn1nc(C2CCNCC2)n(Cc2ccccc2)c1=O. The van der Waals surface area contributed by atoms with Crippen molar-refractivity contribution in [2.24, 2.45) is 7.05 Å². The van der Waals surface area contributed by atoms with Gasteiger partial charge in [0.1, 0.15) is 5.82 Å². The van der Waals surface area contributed by atoms with E-state index in [0.29, 0.717) is 12.5 Å². The van der Waals surface area contributed by atoms with E-state index in [-0.39, 0.29) is 18.1 Å². The van der Waals surface area contributed by atoms with Crippen LogP contribution in [0.4, 0.5) is 0 Å². The summed E-state index contributed by atoms with van der Waals surface area (Å²) >= 11 is 0. The standard InChI is InChI=1S/C15H20N4O.ClH/c1-18-15(20)19(11-12-5-3-2-4-6-12)14(17-18)13-7-9-16-10-8-13;/h2-6,13,16H,7-11H2,1H3;1H. The molecule has 0 unspecified atom stereocenters. The van der Waals surface area contributed by atoms with Crippen molar-refractivity contribution in [3.8, 4) is 0 Å². The molecule has 0 atom stereocenters. The number of aryl methyl sites for hydroxylation is 1. The lowest BCUT2D eigenvalue weighted by molar-refractivity contribution is 0.431. The second-order valence-corrected chi connectivity index (χ2v) is 5.36. The first kappa shape index (κ1) is 15.8. The van der Waals surface area contributed by atoms with Crippen molar-refractivity contribution in [2.75, 3.05) is 13.1 Å². The lowest BCUT2D eigenvalue weighted by Crippen LogP contribution is -2.30. The molecule has 1 aliphatic heterocycles. The fraction of sp³-hybridized carbons (Fsp3) is 0.467. The van der Waals surface area contributed by atoms with Crippen LogP contribution in [0, 0.1) is 0 Å². The zero-order chi connectivity index (χ0) is 13.9. The summed E-state index contributed by atoms with van der Waals surface area (Å²) in [6.45, 7) is 2.61. The average molecular weight is 309 g/mol. The van der Waals surface area contributed by atoms with E-state index in [1.54, 1.807) is 7.05 Å². The predicted octanol–water partition coefficient (Wildman–Crippen LogP) is 1.52. The maximum atomic E-state index is 12.3. The maximum Gasteiger partial charge on any atom is 0.345 e. The van der Waals surface area contributed by atoms with Gasteiger partial charge in [-0.15, -0.1) is 12.4 Å². The van der Waals surface area contributed by atoms with Gasteiger partial charge >= 0.3 is 5.69 Å². The highest BCUT2D eigenvalue weighted by molar-refractivity contribution is 5.85. The van der Waals surface area contributed by atoms with Gasteiger partial charge in [-0.25, -0.2) is 9.48 Å². The molecule has 0 bridgehead atoms. The Hall–Kier alpha value is -1.59. The first-order chi connectivity index (χ1) is 9.75. The molecule has 1 aromatic heterocycles. The molecule has 1 saturated heterocycles. The number of nitrogens with one attached hydrogen (secondary N) is 1. The van der Waals surface area contributed by atoms with Gasteiger partial charge in [-0.2, -0.15) is 5.10 Å². The van der Waals surface area contributed by atoms with E-state index in [1.165, 1.54) is 4.68 Å². The molecule has 0 amide bonds. The Balaban J connectivity index is 0.00000161. The molecule has 1 N–H and O–H groups in total. The molecule has 0 spiro atoms. The van der Waals surface area contributed by atoms with E-state index < -0.39 is 0 Å². The van der Waals surface area contributed by atoms with E-state index in [9.17, 15) is 4.79 Å². The summed E-state index contributed by atoms with van der Waals surface area (Å²) in [6.07, 6.45) is 2.09. The number of rotatable bonds is 3. The molecule has 2 aromatic rings. The summed E-state index contributed by atoms with van der Waals surface area (Å²) in [5.41, 5.74) is 1.11. The first-order valence-corrected chi connectivity index (χ1v) is 7.14. The van der Waals surface area contributed by atoms with Gasteiger partial charge in [0.2, 0.25) is 0 Å². The zero-order valence-electron chi connectivity index (χ0n) is 12.2. The van der Waals surface area contributed by atoms with E-state index in [4.69, 9.17) is 0 Å². The fourth-order valence-electron chi connectivity index (χ4n) is 2.82. The third-order valence-electron chi connectivity index (χ3n) is 3.92. The van der Waals surface area contributed by atoms with Crippen molar-refractivity contribution in [2.45, 2.75) is 25.3 Å². The second-order valence-electron chi connectivity index (χ2n) is 5.36. The molecule has 21 heavy (non-hydrogen) atoms. The predicted molar refractivity (Wildman–Crippen MR) is 85.1 cm³/mol. The number of piperidine rings is 1. The molecule has 5 nitrogen and oxygen atoms in total. The second kappa shape index (κ2) is 6.91. The van der Waals surface area contributed by atoms with Gasteiger partial charge in [-0.3, -0.25) is 4.57 Å². The number of benzene rings is 1. The van der Waals surface area contributed by atoms with Gasteiger partial charge in [-0.1, -0.05) is 30.3 Å². The first-order valence-electron chi connectivity index (χ1n) is 7.14. The van der Waals surface area contributed by atoms with Crippen LogP contribution in [0.1, 0.15) is 30.1 Å². The van der Waals surface area contributed by atoms with Crippen molar-refractivity contribution in [1.82, 2.24) is 19.7 Å². The summed E-state index contributed by atoms with van der Waals surface area (Å²) in [6, 6.07) is 10.1. The Bertz CT molecular complexity index is 629. The van der Waals surface area contributed by atoms with Crippen LogP contribution in [0.15, 0.2) is 35.1 Å². The Morgan fingerprint density at radius 3 is 2.57 bits per heavy atom. The van der Waals surface area contributed by atoms with Crippen molar-refractivity contribution in [1.29, 1.82) is 0 Å². The van der Waals surface area contributed by atoms with Gasteiger partial charge in [-0.05, 0) is 31.5 Å². The largest absolute Gasteiger partial charge is 0.345 e. The van der Waals surface area contributed by atoms with Crippen LogP contribution in [0.25, 0.3) is 0 Å². The van der Waals surface area contributed by atoms with Gasteiger partial charge in [0.15, 0.2) is 0 Å². The van der Waals surface area contributed by atoms with E-state index in [2.05, 4.69) is 10.4 Å². The van der Waals surface area contributed by atoms with E-state index in [1.807, 2.05) is 34.9 Å². The van der Waals surface area contributed by atoms with Crippen LogP contribution in [0.2, 0.25) is 0 Å². The highest BCUT2D eigenvalue weighted by Crippen LogP contribution is 2.23. The lowest BCUT2D eigenvalue weighted by Gasteiger charge is -2.22. The summed E-state index contributed by atoms with van der Waals surface area (Å²) in [7, 11) is 1.73. The molecule has 0 saturated carbocycles. The fourth-order valence-corrected chi connectivity index (χ4v) is 2.82. The summed E-state index contributed by atoms with van der Waals surface area (Å²) < 4.78 is 3.28. The minimum Gasteiger partial charge on any atom is -0.317 e. The highest BCUT2D eigenvalue weighted by Gasteiger charge is 2.23. The number of aromatic nitrogens is 3. The minimum atomic E-state index is -0.0256. The van der Waals surface area contributed by atoms with Crippen molar-refractivity contribution in [3.05, 3.63) is 52.2 Å². The number of hydrogen-bond acceptors (Lipinski definition) is 3. The summed E-state index contributed by atoms with van der Waals surface area (Å²) in [5.74, 6) is 1.32. The molecule has 2 heterocycles. The molecule has 1 aromatic carbocycles. The molecule has 1 aliphatic rings. The van der Waals surface area contributed by atoms with Gasteiger partial charge in [0, 0.05) is 13.0 Å². The van der Waals surface area contributed by atoms with Gasteiger partial charge in [0.25, 0.3) is 0 Å². The third kappa shape index (κ3) is 3.36. The summed E-state index contributed by atoms with van der Waals surface area (Å²) in [4.78, 5) is 12.3. The van der Waals surface area contributed by atoms with Crippen LogP contribution in [0.3, 0.4) is 0 Å². The van der Waals surface area contributed by atoms with Gasteiger partial charge in [0.05, 0.1) is 6.54 Å². The maximum absolute atomic E-state index is 12.3. The average Bonchev–Trinajstić information content (AvgIpc) is 2.78. The molecule has 0 aliphatic carbocycles. The Morgan fingerprint density at radius 2 is 1.90 bits per heavy atom. The van der Waals surface area contributed by atoms with Crippen LogP contribution < -0.4 is 11.0 Å². The number of hydrogen-bond donors (Lipinski definition) is 1. The van der Waals surface area contributed by atoms with Crippen molar-refractivity contribution in [3.63, 3.8) is 0 Å². The quantitative estimate of drug-likeness (QED) is 0.935. The number of halogens is 1. The molecule has 0 radical (unpaired) electrons. The topological polar surface area (TPSA) is 51.9 Å². The number of nitrogens with zero attached hydrogens (tertiary/aromatic N) is 3. The summed E-state index contributed by atoms with van der Waals surface area (Å²) in [5, 5.41) is 7.82.